The predicted molar refractivity (Wildman–Crippen MR) is 76.3 cm³/mol. The number of rotatable bonds is 2. The summed E-state index contributed by atoms with van der Waals surface area (Å²) < 4.78 is 43.3. The van der Waals surface area contributed by atoms with E-state index >= 15 is 0 Å². The lowest BCUT2D eigenvalue weighted by molar-refractivity contribution is -0.138. The Balaban J connectivity index is 2.13. The number of nitrogens with zero attached hydrogens (tertiary/aromatic N) is 2. The molecule has 2 heterocycles. The number of carbonyl (C=O) groups is 1. The maximum absolute atomic E-state index is 12.8. The van der Waals surface area contributed by atoms with Crippen LogP contribution in [0.15, 0.2) is 35.1 Å². The average molecular weight is 340 g/mol. The minimum absolute atomic E-state index is 0.0110. The maximum Gasteiger partial charge on any atom is 0.419 e. The molecular weight excluding hydrogens is 333 g/mol. The zero-order valence-electron chi connectivity index (χ0n) is 11.1. The third kappa shape index (κ3) is 4.04. The van der Waals surface area contributed by atoms with Crippen molar-refractivity contribution in [2.45, 2.75) is 6.18 Å². The van der Waals surface area contributed by atoms with E-state index in [4.69, 9.17) is 21.9 Å². The van der Waals surface area contributed by atoms with Gasteiger partial charge < -0.3 is 9.73 Å². The minimum Gasteiger partial charge on any atom is -0.459 e. The summed E-state index contributed by atoms with van der Waals surface area (Å²) in [4.78, 5) is 15.1. The van der Waals surface area contributed by atoms with E-state index in [0.717, 1.165) is 6.20 Å². The molecule has 23 heavy (non-hydrogen) atoms. The van der Waals surface area contributed by atoms with Crippen molar-refractivity contribution >= 4 is 28.9 Å². The SMILES string of the molecule is N#Cc1ncc(NC(=S)NC(=O)c2ccco2)cc1C(F)(F)F. The van der Waals surface area contributed by atoms with Crippen molar-refractivity contribution in [1.29, 1.82) is 5.26 Å². The van der Waals surface area contributed by atoms with Gasteiger partial charge in [-0.1, -0.05) is 0 Å². The monoisotopic (exact) mass is 340 g/mol. The molecule has 0 aliphatic carbocycles. The van der Waals surface area contributed by atoms with E-state index in [0.29, 0.717) is 6.07 Å². The first kappa shape index (κ1) is 16.4. The van der Waals surface area contributed by atoms with Crippen LogP contribution >= 0.6 is 12.2 Å². The highest BCUT2D eigenvalue weighted by Crippen LogP contribution is 2.32. The molecule has 0 fully saturated rings. The van der Waals surface area contributed by atoms with Crippen LogP contribution in [0.25, 0.3) is 0 Å². The van der Waals surface area contributed by atoms with E-state index in [1.165, 1.54) is 24.5 Å². The Morgan fingerprint density at radius 2 is 2.17 bits per heavy atom. The van der Waals surface area contributed by atoms with Crippen molar-refractivity contribution in [3.8, 4) is 6.07 Å². The number of furan rings is 1. The van der Waals surface area contributed by atoms with Crippen molar-refractivity contribution in [1.82, 2.24) is 10.3 Å². The number of alkyl halides is 3. The van der Waals surface area contributed by atoms with Gasteiger partial charge in [0.25, 0.3) is 5.91 Å². The molecular formula is C13H7F3N4O2S. The normalized spacial score (nSPS) is 10.7. The van der Waals surface area contributed by atoms with Crippen LogP contribution in [0, 0.1) is 11.3 Å². The molecule has 0 saturated carbocycles. The molecule has 2 aromatic rings. The zero-order valence-corrected chi connectivity index (χ0v) is 12.0. The highest BCUT2D eigenvalue weighted by molar-refractivity contribution is 7.80. The number of hydrogen-bond acceptors (Lipinski definition) is 5. The van der Waals surface area contributed by atoms with Gasteiger partial charge in [0, 0.05) is 0 Å². The summed E-state index contributed by atoms with van der Waals surface area (Å²) >= 11 is 4.83. The van der Waals surface area contributed by atoms with Gasteiger partial charge in [0.2, 0.25) is 0 Å². The van der Waals surface area contributed by atoms with Gasteiger partial charge in [-0.25, -0.2) is 4.98 Å². The van der Waals surface area contributed by atoms with Gasteiger partial charge in [0.05, 0.1) is 23.7 Å². The second kappa shape index (κ2) is 6.45. The van der Waals surface area contributed by atoms with E-state index < -0.39 is 23.3 Å². The third-order valence-electron chi connectivity index (χ3n) is 2.53. The van der Waals surface area contributed by atoms with E-state index in [1.54, 1.807) is 0 Å². The molecule has 0 radical (unpaired) electrons. The number of thiocarbonyl (C=S) groups is 1. The summed E-state index contributed by atoms with van der Waals surface area (Å²) in [6.45, 7) is 0. The Morgan fingerprint density at radius 1 is 1.43 bits per heavy atom. The molecule has 0 aliphatic rings. The van der Waals surface area contributed by atoms with Crippen LogP contribution in [0.3, 0.4) is 0 Å². The number of hydrogen-bond donors (Lipinski definition) is 2. The van der Waals surface area contributed by atoms with Crippen molar-refractivity contribution in [3.63, 3.8) is 0 Å². The lowest BCUT2D eigenvalue weighted by Gasteiger charge is -2.12. The predicted octanol–water partition coefficient (Wildman–Crippen LogP) is 2.69. The van der Waals surface area contributed by atoms with Gasteiger partial charge in [-0.15, -0.1) is 0 Å². The molecule has 0 atom stereocenters. The lowest BCUT2D eigenvalue weighted by atomic mass is 10.2. The number of pyridine rings is 1. The Labute approximate surface area is 132 Å². The standard InChI is InChI=1S/C13H7F3N4O2S/c14-13(15,16)8-4-7(6-18-9(8)5-17)19-12(23)20-11(21)10-2-1-3-22-10/h1-4,6H,(H2,19,20,21,23). The number of nitriles is 1. The van der Waals surface area contributed by atoms with E-state index in [1.807, 2.05) is 0 Å². The smallest absolute Gasteiger partial charge is 0.419 e. The highest BCUT2D eigenvalue weighted by Gasteiger charge is 2.34. The van der Waals surface area contributed by atoms with E-state index in [-0.39, 0.29) is 16.6 Å². The molecule has 0 saturated heterocycles. The van der Waals surface area contributed by atoms with Gasteiger partial charge in [-0.3, -0.25) is 10.1 Å². The van der Waals surface area contributed by atoms with Crippen molar-refractivity contribution < 1.29 is 22.4 Å². The van der Waals surface area contributed by atoms with E-state index in [9.17, 15) is 18.0 Å². The fourth-order valence-corrected chi connectivity index (χ4v) is 1.78. The van der Waals surface area contributed by atoms with Crippen molar-refractivity contribution in [2.24, 2.45) is 0 Å². The van der Waals surface area contributed by atoms with Crippen LogP contribution in [0.5, 0.6) is 0 Å². The lowest BCUT2D eigenvalue weighted by Crippen LogP contribution is -2.34. The van der Waals surface area contributed by atoms with Gasteiger partial charge in [-0.05, 0) is 30.4 Å². The van der Waals surface area contributed by atoms with Crippen LogP contribution in [0.1, 0.15) is 21.8 Å². The van der Waals surface area contributed by atoms with Crippen LogP contribution in [-0.2, 0) is 6.18 Å². The molecule has 0 bridgehead atoms. The Morgan fingerprint density at radius 3 is 2.74 bits per heavy atom. The summed E-state index contributed by atoms with van der Waals surface area (Å²) in [6.07, 6.45) is -2.46. The Kier molecular flexibility index (Phi) is 4.61. The Bertz CT molecular complexity index is 782. The summed E-state index contributed by atoms with van der Waals surface area (Å²) in [7, 11) is 0. The number of aromatic nitrogens is 1. The maximum atomic E-state index is 12.8. The highest BCUT2D eigenvalue weighted by atomic mass is 32.1. The fraction of sp³-hybridized carbons (Fsp3) is 0.0769. The quantitative estimate of drug-likeness (QED) is 0.817. The minimum atomic E-state index is -4.74. The number of amides is 1. The second-order valence-electron chi connectivity index (χ2n) is 4.12. The molecule has 2 aromatic heterocycles. The first-order chi connectivity index (χ1) is 10.8. The molecule has 0 unspecified atom stereocenters. The van der Waals surface area contributed by atoms with Crippen LogP contribution in [0.4, 0.5) is 18.9 Å². The molecule has 1 amide bonds. The second-order valence-corrected chi connectivity index (χ2v) is 4.52. The summed E-state index contributed by atoms with van der Waals surface area (Å²) in [5.74, 6) is -0.673. The first-order valence-electron chi connectivity index (χ1n) is 5.94. The summed E-state index contributed by atoms with van der Waals surface area (Å²) in [6, 6.07) is 4.92. The van der Waals surface area contributed by atoms with Crippen molar-refractivity contribution in [3.05, 3.63) is 47.7 Å². The van der Waals surface area contributed by atoms with Gasteiger partial charge in [0.1, 0.15) is 6.07 Å². The topological polar surface area (TPSA) is 91.0 Å². The fourth-order valence-electron chi connectivity index (χ4n) is 1.57. The van der Waals surface area contributed by atoms with Gasteiger partial charge in [0.15, 0.2) is 16.6 Å². The van der Waals surface area contributed by atoms with E-state index in [2.05, 4.69) is 15.6 Å². The number of nitrogens with one attached hydrogen (secondary N) is 2. The van der Waals surface area contributed by atoms with Crippen molar-refractivity contribution in [2.75, 3.05) is 5.32 Å². The third-order valence-corrected chi connectivity index (χ3v) is 2.73. The first-order valence-corrected chi connectivity index (χ1v) is 6.35. The van der Waals surface area contributed by atoms with Crippen LogP contribution in [0.2, 0.25) is 0 Å². The largest absolute Gasteiger partial charge is 0.459 e. The van der Waals surface area contributed by atoms with Crippen LogP contribution in [-0.4, -0.2) is 16.0 Å². The summed E-state index contributed by atoms with van der Waals surface area (Å²) in [5.41, 5.74) is -2.08. The number of anilines is 1. The average Bonchev–Trinajstić information content (AvgIpc) is 3.00. The molecule has 2 N–H and O–H groups in total. The molecule has 6 nitrogen and oxygen atoms in total. The molecule has 10 heteroatoms. The van der Waals surface area contributed by atoms with Gasteiger partial charge in [-0.2, -0.15) is 18.4 Å². The number of halogens is 3. The zero-order chi connectivity index (χ0) is 17.0. The van der Waals surface area contributed by atoms with Gasteiger partial charge >= 0.3 is 6.18 Å². The number of carbonyl (C=O) groups excluding carboxylic acids is 1. The van der Waals surface area contributed by atoms with Crippen LogP contribution < -0.4 is 10.6 Å². The Hall–Kier alpha value is -2.93. The molecule has 2 rings (SSSR count). The summed E-state index contributed by atoms with van der Waals surface area (Å²) in [5, 5.41) is 13.0. The molecule has 0 spiro atoms. The molecule has 0 aromatic carbocycles. The molecule has 0 aliphatic heterocycles. The molecule has 118 valence electrons.